The summed E-state index contributed by atoms with van der Waals surface area (Å²) >= 11 is 7.19. The van der Waals surface area contributed by atoms with Gasteiger partial charge in [0.1, 0.15) is 0 Å². The Kier molecular flexibility index (Phi) is 6.46. The zero-order valence-electron chi connectivity index (χ0n) is 17.6. The van der Waals surface area contributed by atoms with Gasteiger partial charge in [-0.2, -0.15) is 0 Å². The van der Waals surface area contributed by atoms with Crippen molar-refractivity contribution in [2.45, 2.75) is 27.7 Å². The Morgan fingerprint density at radius 1 is 1.06 bits per heavy atom. The Bertz CT molecular complexity index is 1280. The molecular weight excluding hydrogens is 585 g/mol. The molecule has 0 radical (unpaired) electrons. The Hall–Kier alpha value is -1.84. The predicted molar refractivity (Wildman–Crippen MR) is 142 cm³/mol. The lowest BCUT2D eigenvalue weighted by molar-refractivity contribution is -0.115. The molecule has 0 spiro atoms. The minimum Gasteiger partial charge on any atom is -0.318 e. The van der Waals surface area contributed by atoms with Gasteiger partial charge in [0.25, 0.3) is 5.91 Å². The molecule has 2 heterocycles. The van der Waals surface area contributed by atoms with Gasteiger partial charge < -0.3 is 9.88 Å². The highest BCUT2D eigenvalue weighted by Gasteiger charge is 2.25. The number of carbonyl (C=O) groups excluding carboxylic acids is 1. The van der Waals surface area contributed by atoms with Crippen molar-refractivity contribution in [3.63, 3.8) is 0 Å². The van der Waals surface area contributed by atoms with Crippen molar-refractivity contribution in [1.82, 2.24) is 9.88 Å². The van der Waals surface area contributed by atoms with Crippen LogP contribution in [0.15, 0.2) is 56.8 Å². The number of thioether (sulfide) groups is 1. The Balaban J connectivity index is 1.65. The van der Waals surface area contributed by atoms with Crippen molar-refractivity contribution in [3.8, 4) is 5.69 Å². The zero-order valence-corrected chi connectivity index (χ0v) is 22.1. The van der Waals surface area contributed by atoms with Crippen LogP contribution in [0.3, 0.4) is 0 Å². The molecule has 1 saturated heterocycles. The second kappa shape index (κ2) is 8.96. The smallest absolute Gasteiger partial charge is 0.264 e. The summed E-state index contributed by atoms with van der Waals surface area (Å²) in [6, 6.07) is 14.5. The molecule has 1 fully saturated rings. The summed E-state index contributed by atoms with van der Waals surface area (Å²) in [7, 11) is 0. The summed E-state index contributed by atoms with van der Waals surface area (Å²) in [5, 5.41) is 3.49. The standard InChI is InChI=1S/C24H21BrIN3OS/c1-13-10-19(6-7-20(13)26)29-15(3)11-17(16(29)4)12-22-23(30)28-24(31-22)27-21-8-5-18(25)9-14(21)2/h5-12H,1-4H3,(H,27,28,30)/b22-12-. The number of benzene rings is 2. The lowest BCUT2D eigenvalue weighted by atomic mass is 10.2. The molecule has 7 heteroatoms. The van der Waals surface area contributed by atoms with Crippen LogP contribution in [0.2, 0.25) is 0 Å². The van der Waals surface area contributed by atoms with Gasteiger partial charge in [-0.1, -0.05) is 15.9 Å². The summed E-state index contributed by atoms with van der Waals surface area (Å²) in [4.78, 5) is 17.9. The molecular formula is C24H21BrIN3OS. The van der Waals surface area contributed by atoms with E-state index in [9.17, 15) is 4.79 Å². The van der Waals surface area contributed by atoms with Gasteiger partial charge in [0.05, 0.1) is 10.6 Å². The van der Waals surface area contributed by atoms with E-state index in [0.29, 0.717) is 10.1 Å². The molecule has 4 rings (SSSR count). The maximum atomic E-state index is 12.6. The first kappa shape index (κ1) is 22.4. The van der Waals surface area contributed by atoms with E-state index >= 15 is 0 Å². The topological polar surface area (TPSA) is 46.4 Å². The molecule has 0 bridgehead atoms. The van der Waals surface area contributed by atoms with Crippen LogP contribution < -0.4 is 5.32 Å². The fourth-order valence-corrected chi connectivity index (χ4v) is 5.21. The molecule has 158 valence electrons. The molecule has 0 atom stereocenters. The number of amidine groups is 1. The molecule has 1 amide bonds. The fraction of sp³-hybridized carbons (Fsp3) is 0.167. The van der Waals surface area contributed by atoms with E-state index < -0.39 is 0 Å². The third kappa shape index (κ3) is 4.68. The van der Waals surface area contributed by atoms with Gasteiger partial charge in [-0.05, 0) is 127 Å². The van der Waals surface area contributed by atoms with Crippen LogP contribution in [0, 0.1) is 31.3 Å². The maximum absolute atomic E-state index is 12.6. The summed E-state index contributed by atoms with van der Waals surface area (Å²) in [5.41, 5.74) is 7.55. The van der Waals surface area contributed by atoms with Gasteiger partial charge in [-0.3, -0.25) is 4.79 Å². The summed E-state index contributed by atoms with van der Waals surface area (Å²) in [6.45, 7) is 8.30. The van der Waals surface area contributed by atoms with Crippen LogP contribution in [0.5, 0.6) is 0 Å². The molecule has 1 aromatic heterocycles. The molecule has 1 aliphatic heterocycles. The van der Waals surface area contributed by atoms with E-state index in [2.05, 4.69) is 98.4 Å². The molecule has 4 nitrogen and oxygen atoms in total. The van der Waals surface area contributed by atoms with Gasteiger partial charge >= 0.3 is 0 Å². The molecule has 2 aromatic carbocycles. The lowest BCUT2D eigenvalue weighted by Crippen LogP contribution is -2.19. The molecule has 31 heavy (non-hydrogen) atoms. The first-order chi connectivity index (χ1) is 14.7. The first-order valence-corrected chi connectivity index (χ1v) is 12.4. The summed E-state index contributed by atoms with van der Waals surface area (Å²) < 4.78 is 4.49. The molecule has 1 N–H and O–H groups in total. The molecule has 1 aliphatic rings. The number of nitrogens with zero attached hydrogens (tertiary/aromatic N) is 2. The summed E-state index contributed by atoms with van der Waals surface area (Å²) in [6.07, 6.45) is 1.95. The highest BCUT2D eigenvalue weighted by Crippen LogP contribution is 2.32. The average Bonchev–Trinajstić information content (AvgIpc) is 3.19. The van der Waals surface area contributed by atoms with Crippen LogP contribution in [-0.4, -0.2) is 15.6 Å². The normalized spacial score (nSPS) is 16.4. The van der Waals surface area contributed by atoms with E-state index in [-0.39, 0.29) is 5.91 Å². The van der Waals surface area contributed by atoms with E-state index in [4.69, 9.17) is 0 Å². The van der Waals surface area contributed by atoms with E-state index in [1.165, 1.54) is 20.9 Å². The lowest BCUT2D eigenvalue weighted by Gasteiger charge is -2.11. The van der Waals surface area contributed by atoms with E-state index in [1.54, 1.807) is 0 Å². The SMILES string of the molecule is Cc1cc(-n2c(C)cc(/C=C3\SC(=Nc4ccc(Br)cc4C)NC3=O)c2C)ccc1I. The monoisotopic (exact) mass is 605 g/mol. The highest BCUT2D eigenvalue weighted by molar-refractivity contribution is 14.1. The highest BCUT2D eigenvalue weighted by atomic mass is 127. The number of hydrogen-bond donors (Lipinski definition) is 1. The number of amides is 1. The largest absolute Gasteiger partial charge is 0.318 e. The van der Waals surface area contributed by atoms with Gasteiger partial charge in [0.2, 0.25) is 0 Å². The Morgan fingerprint density at radius 2 is 1.84 bits per heavy atom. The quantitative estimate of drug-likeness (QED) is 0.259. The Morgan fingerprint density at radius 3 is 2.55 bits per heavy atom. The number of aliphatic imine (C=N–C) groups is 1. The van der Waals surface area contributed by atoms with E-state index in [0.717, 1.165) is 38.4 Å². The molecule has 3 aromatic rings. The zero-order chi connectivity index (χ0) is 22.3. The van der Waals surface area contributed by atoms with Gasteiger partial charge in [0, 0.05) is 25.1 Å². The van der Waals surface area contributed by atoms with Crippen molar-refractivity contribution in [2.75, 3.05) is 0 Å². The van der Waals surface area contributed by atoms with Crippen LogP contribution in [0.4, 0.5) is 5.69 Å². The minimum atomic E-state index is -0.117. The van der Waals surface area contributed by atoms with Crippen molar-refractivity contribution >= 4 is 73.1 Å². The number of aromatic nitrogens is 1. The number of carbonyl (C=O) groups is 1. The van der Waals surface area contributed by atoms with Crippen molar-refractivity contribution in [3.05, 3.63) is 83.5 Å². The van der Waals surface area contributed by atoms with Crippen LogP contribution in [0.25, 0.3) is 11.8 Å². The number of halogens is 2. The van der Waals surface area contributed by atoms with Gasteiger partial charge in [0.15, 0.2) is 5.17 Å². The minimum absolute atomic E-state index is 0.117. The van der Waals surface area contributed by atoms with Crippen LogP contribution in [-0.2, 0) is 4.79 Å². The maximum Gasteiger partial charge on any atom is 0.264 e. The second-order valence-electron chi connectivity index (χ2n) is 7.51. The second-order valence-corrected chi connectivity index (χ2v) is 10.6. The number of nitrogens with one attached hydrogen (secondary N) is 1. The van der Waals surface area contributed by atoms with Crippen molar-refractivity contribution < 1.29 is 4.79 Å². The molecule has 0 unspecified atom stereocenters. The summed E-state index contributed by atoms with van der Waals surface area (Å²) in [5.74, 6) is -0.117. The molecule has 0 saturated carbocycles. The van der Waals surface area contributed by atoms with Crippen LogP contribution in [0.1, 0.15) is 28.1 Å². The Labute approximate surface area is 208 Å². The van der Waals surface area contributed by atoms with Gasteiger partial charge in [-0.25, -0.2) is 4.99 Å². The molecule has 0 aliphatic carbocycles. The third-order valence-electron chi connectivity index (χ3n) is 5.19. The van der Waals surface area contributed by atoms with E-state index in [1.807, 2.05) is 31.2 Å². The fourth-order valence-electron chi connectivity index (χ4n) is 3.57. The third-order valence-corrected chi connectivity index (χ3v) is 7.80. The van der Waals surface area contributed by atoms with Crippen molar-refractivity contribution in [1.29, 1.82) is 0 Å². The van der Waals surface area contributed by atoms with Gasteiger partial charge in [-0.15, -0.1) is 0 Å². The number of aryl methyl sites for hydroxylation is 3. The average molecular weight is 606 g/mol. The number of rotatable bonds is 3. The predicted octanol–water partition coefficient (Wildman–Crippen LogP) is 6.97. The van der Waals surface area contributed by atoms with Crippen molar-refractivity contribution in [2.24, 2.45) is 4.99 Å². The van der Waals surface area contributed by atoms with Crippen LogP contribution >= 0.6 is 50.3 Å². The first-order valence-electron chi connectivity index (χ1n) is 9.74. The number of hydrogen-bond acceptors (Lipinski definition) is 3.